The first-order valence-corrected chi connectivity index (χ1v) is 9.75. The molecule has 4 rings (SSSR count). The van der Waals surface area contributed by atoms with E-state index in [1.807, 2.05) is 24.3 Å². The van der Waals surface area contributed by atoms with Gasteiger partial charge >= 0.3 is 0 Å². The number of benzene rings is 2. The minimum absolute atomic E-state index is 0.516. The molecule has 0 aliphatic carbocycles. The van der Waals surface area contributed by atoms with Crippen LogP contribution in [0.15, 0.2) is 53.1 Å². The van der Waals surface area contributed by atoms with Crippen molar-refractivity contribution in [3.8, 4) is 11.4 Å². The molecule has 0 bridgehead atoms. The van der Waals surface area contributed by atoms with Gasteiger partial charge in [-0.3, -0.25) is 4.90 Å². The van der Waals surface area contributed by atoms with Crippen molar-refractivity contribution in [1.82, 2.24) is 15.0 Å². The third-order valence-corrected chi connectivity index (χ3v) is 5.10. The van der Waals surface area contributed by atoms with Gasteiger partial charge in [0.25, 0.3) is 0 Å². The van der Waals surface area contributed by atoms with Crippen LogP contribution < -0.4 is 4.90 Å². The molecule has 0 unspecified atom stereocenters. The van der Waals surface area contributed by atoms with E-state index in [0.717, 1.165) is 38.4 Å². The Morgan fingerprint density at radius 2 is 1.79 bits per heavy atom. The van der Waals surface area contributed by atoms with Gasteiger partial charge in [0.15, 0.2) is 0 Å². The highest BCUT2D eigenvalue weighted by Gasteiger charge is 2.17. The van der Waals surface area contributed by atoms with Gasteiger partial charge < -0.3 is 14.2 Å². The van der Waals surface area contributed by atoms with Crippen LogP contribution in [0.2, 0.25) is 5.02 Å². The van der Waals surface area contributed by atoms with Crippen molar-refractivity contribution in [2.45, 2.75) is 13.1 Å². The van der Waals surface area contributed by atoms with Crippen molar-refractivity contribution < 1.29 is 9.26 Å². The van der Waals surface area contributed by atoms with Gasteiger partial charge in [-0.15, -0.1) is 0 Å². The van der Waals surface area contributed by atoms with Gasteiger partial charge in [-0.2, -0.15) is 4.98 Å². The predicted molar refractivity (Wildman–Crippen MR) is 109 cm³/mol. The lowest BCUT2D eigenvalue weighted by Gasteiger charge is -2.31. The first-order valence-electron chi connectivity index (χ1n) is 9.37. The molecule has 1 aliphatic heterocycles. The van der Waals surface area contributed by atoms with Crippen LogP contribution in [-0.4, -0.2) is 48.4 Å². The average Bonchev–Trinajstić information content (AvgIpc) is 3.17. The van der Waals surface area contributed by atoms with Crippen LogP contribution in [0, 0.1) is 0 Å². The Kier molecular flexibility index (Phi) is 5.90. The molecule has 0 radical (unpaired) electrons. The Morgan fingerprint density at radius 1 is 1.04 bits per heavy atom. The molecule has 7 heteroatoms. The normalized spacial score (nSPS) is 14.6. The van der Waals surface area contributed by atoms with Crippen LogP contribution in [0.4, 0.5) is 5.69 Å². The maximum absolute atomic E-state index is 6.23. The van der Waals surface area contributed by atoms with Gasteiger partial charge in [0, 0.05) is 30.9 Å². The summed E-state index contributed by atoms with van der Waals surface area (Å²) in [6, 6.07) is 16.0. The fourth-order valence-electron chi connectivity index (χ4n) is 3.41. The molecule has 0 N–H and O–H groups in total. The fourth-order valence-corrected chi connectivity index (χ4v) is 3.63. The third kappa shape index (κ3) is 4.35. The number of hydrogen-bond donors (Lipinski definition) is 0. The zero-order chi connectivity index (χ0) is 19.3. The highest BCUT2D eigenvalue weighted by atomic mass is 35.5. The zero-order valence-electron chi connectivity index (χ0n) is 15.8. The summed E-state index contributed by atoms with van der Waals surface area (Å²) in [5.41, 5.74) is 3.32. The van der Waals surface area contributed by atoms with Crippen LogP contribution in [0.25, 0.3) is 11.4 Å². The summed E-state index contributed by atoms with van der Waals surface area (Å²) < 4.78 is 10.9. The molecule has 0 atom stereocenters. The number of morpholine rings is 1. The Labute approximate surface area is 169 Å². The number of aromatic nitrogens is 2. The summed E-state index contributed by atoms with van der Waals surface area (Å²) in [5, 5.41) is 4.69. The topological polar surface area (TPSA) is 54.6 Å². The van der Waals surface area contributed by atoms with Gasteiger partial charge in [0.05, 0.1) is 24.8 Å². The molecule has 0 spiro atoms. The van der Waals surface area contributed by atoms with E-state index >= 15 is 0 Å². The zero-order valence-corrected chi connectivity index (χ0v) is 16.6. The van der Waals surface area contributed by atoms with Crippen LogP contribution in [0.3, 0.4) is 0 Å². The number of halogens is 1. The predicted octanol–water partition coefficient (Wildman–Crippen LogP) is 3.86. The number of para-hydroxylation sites is 1. The molecule has 2 heterocycles. The lowest BCUT2D eigenvalue weighted by atomic mass is 10.1. The largest absolute Gasteiger partial charge is 0.378 e. The second-order valence-corrected chi connectivity index (χ2v) is 7.30. The third-order valence-electron chi connectivity index (χ3n) is 4.77. The van der Waals surface area contributed by atoms with Gasteiger partial charge in [-0.25, -0.2) is 0 Å². The van der Waals surface area contributed by atoms with E-state index in [1.165, 1.54) is 11.3 Å². The monoisotopic (exact) mass is 398 g/mol. The quantitative estimate of drug-likeness (QED) is 0.628. The standard InChI is InChI=1S/C21H23ClN4O2/c1-25(14-16-6-2-5-9-19(16)26-10-12-27-13-11-26)15-20-23-21(24-28-20)17-7-3-4-8-18(17)22/h2-9H,10-15H2,1H3. The minimum atomic E-state index is 0.516. The number of hydrogen-bond acceptors (Lipinski definition) is 6. The Bertz CT molecular complexity index is 924. The van der Waals surface area contributed by atoms with Crippen molar-refractivity contribution in [2.75, 3.05) is 38.3 Å². The van der Waals surface area contributed by atoms with Crippen LogP contribution in [-0.2, 0) is 17.8 Å². The first-order chi connectivity index (χ1) is 13.7. The lowest BCUT2D eigenvalue weighted by molar-refractivity contribution is 0.122. The van der Waals surface area contributed by atoms with Crippen LogP contribution in [0.5, 0.6) is 0 Å². The fraction of sp³-hybridized carbons (Fsp3) is 0.333. The number of rotatable bonds is 6. The molecule has 146 valence electrons. The average molecular weight is 399 g/mol. The van der Waals surface area contributed by atoms with Crippen molar-refractivity contribution in [3.63, 3.8) is 0 Å². The van der Waals surface area contributed by atoms with Gasteiger partial charge in [0.1, 0.15) is 0 Å². The van der Waals surface area contributed by atoms with Gasteiger partial charge in [-0.1, -0.05) is 47.1 Å². The van der Waals surface area contributed by atoms with Crippen molar-refractivity contribution in [3.05, 3.63) is 65.0 Å². The highest BCUT2D eigenvalue weighted by molar-refractivity contribution is 6.33. The molecule has 0 amide bonds. The van der Waals surface area contributed by atoms with E-state index in [1.54, 1.807) is 0 Å². The molecule has 28 heavy (non-hydrogen) atoms. The van der Waals surface area contributed by atoms with Crippen molar-refractivity contribution >= 4 is 17.3 Å². The SMILES string of the molecule is CN(Cc1nc(-c2ccccc2Cl)no1)Cc1ccccc1N1CCOCC1. The Morgan fingerprint density at radius 3 is 2.61 bits per heavy atom. The molecular formula is C21H23ClN4O2. The molecule has 1 saturated heterocycles. The summed E-state index contributed by atoms with van der Waals surface area (Å²) in [6.07, 6.45) is 0. The number of nitrogens with zero attached hydrogens (tertiary/aromatic N) is 4. The van der Waals surface area contributed by atoms with Crippen molar-refractivity contribution in [1.29, 1.82) is 0 Å². The van der Waals surface area contributed by atoms with E-state index < -0.39 is 0 Å². The smallest absolute Gasteiger partial charge is 0.241 e. The minimum Gasteiger partial charge on any atom is -0.378 e. The Balaban J connectivity index is 1.44. The second-order valence-electron chi connectivity index (χ2n) is 6.89. The van der Waals surface area contributed by atoms with E-state index in [4.69, 9.17) is 20.9 Å². The summed E-state index contributed by atoms with van der Waals surface area (Å²) in [4.78, 5) is 9.06. The molecule has 1 aliphatic rings. The molecule has 6 nitrogen and oxygen atoms in total. The van der Waals surface area contributed by atoms with Gasteiger partial charge in [-0.05, 0) is 30.8 Å². The second kappa shape index (κ2) is 8.73. The maximum atomic E-state index is 6.23. The summed E-state index contributed by atoms with van der Waals surface area (Å²) in [6.45, 7) is 4.75. The summed E-state index contributed by atoms with van der Waals surface area (Å²) in [5.74, 6) is 1.09. The lowest BCUT2D eigenvalue weighted by Crippen LogP contribution is -2.37. The van der Waals surface area contributed by atoms with Crippen LogP contribution >= 0.6 is 11.6 Å². The van der Waals surface area contributed by atoms with E-state index in [-0.39, 0.29) is 0 Å². The molecule has 0 saturated carbocycles. The molecule has 1 aromatic heterocycles. The van der Waals surface area contributed by atoms with Crippen LogP contribution in [0.1, 0.15) is 11.5 Å². The molecule has 2 aromatic carbocycles. The summed E-state index contributed by atoms with van der Waals surface area (Å²) in [7, 11) is 2.05. The van der Waals surface area contributed by atoms with E-state index in [2.05, 4.69) is 51.3 Å². The Hall–Kier alpha value is -2.41. The molecular weight excluding hydrogens is 376 g/mol. The number of anilines is 1. The first kappa shape index (κ1) is 18.9. The van der Waals surface area contributed by atoms with Crippen molar-refractivity contribution in [2.24, 2.45) is 0 Å². The maximum Gasteiger partial charge on any atom is 0.241 e. The molecule has 1 fully saturated rings. The van der Waals surface area contributed by atoms with E-state index in [9.17, 15) is 0 Å². The highest BCUT2D eigenvalue weighted by Crippen LogP contribution is 2.26. The summed E-state index contributed by atoms with van der Waals surface area (Å²) >= 11 is 6.23. The number of ether oxygens (including phenoxy) is 1. The van der Waals surface area contributed by atoms with E-state index in [0.29, 0.717) is 23.3 Å². The molecule has 3 aromatic rings. The van der Waals surface area contributed by atoms with Gasteiger partial charge in [0.2, 0.25) is 11.7 Å².